The van der Waals surface area contributed by atoms with Gasteiger partial charge < -0.3 is 14.5 Å². The second kappa shape index (κ2) is 8.86. The van der Waals surface area contributed by atoms with Gasteiger partial charge in [-0.1, -0.05) is 0 Å². The smallest absolute Gasteiger partial charge is 0.229 e. The van der Waals surface area contributed by atoms with Gasteiger partial charge in [0.05, 0.1) is 18.0 Å². The molecule has 1 amide bonds. The van der Waals surface area contributed by atoms with Crippen LogP contribution in [0.1, 0.15) is 24.4 Å². The third-order valence-corrected chi connectivity index (χ3v) is 5.99. The van der Waals surface area contributed by atoms with Crippen molar-refractivity contribution in [2.45, 2.75) is 18.9 Å². The van der Waals surface area contributed by atoms with Crippen LogP contribution in [0.5, 0.6) is 11.5 Å². The molecule has 0 aliphatic carbocycles. The van der Waals surface area contributed by atoms with E-state index in [2.05, 4.69) is 4.72 Å². The largest absolute Gasteiger partial charge is 0.454 e. The van der Waals surface area contributed by atoms with Crippen LogP contribution in [0.3, 0.4) is 0 Å². The second-order valence-electron chi connectivity index (χ2n) is 7.95. The Morgan fingerprint density at radius 3 is 2.61 bits per heavy atom. The molecule has 0 spiro atoms. The van der Waals surface area contributed by atoms with Gasteiger partial charge in [-0.05, 0) is 55.1 Å². The Bertz CT molecular complexity index is 1260. The van der Waals surface area contributed by atoms with Crippen molar-refractivity contribution in [1.29, 1.82) is 0 Å². The fraction of sp³-hybridized carbons (Fsp3) is 0.261. The summed E-state index contributed by atoms with van der Waals surface area (Å²) in [5.41, 5.74) is 1.51. The summed E-state index contributed by atoms with van der Waals surface area (Å²) < 4.78 is 59.6. The third kappa shape index (κ3) is 5.00. The minimum Gasteiger partial charge on any atom is -0.454 e. The molecule has 174 valence electrons. The van der Waals surface area contributed by atoms with Gasteiger partial charge >= 0.3 is 0 Å². The van der Waals surface area contributed by atoms with E-state index < -0.39 is 27.7 Å². The van der Waals surface area contributed by atoms with Crippen molar-refractivity contribution >= 4 is 21.6 Å². The quantitative estimate of drug-likeness (QED) is 0.680. The van der Waals surface area contributed by atoms with Crippen molar-refractivity contribution in [3.63, 3.8) is 0 Å². The molecule has 10 heteroatoms. The van der Waals surface area contributed by atoms with Crippen LogP contribution in [0.2, 0.25) is 0 Å². The number of nitrogens with one attached hydrogen (secondary N) is 1. The van der Waals surface area contributed by atoms with E-state index in [1.165, 1.54) is 18.2 Å². The highest BCUT2D eigenvalue weighted by Crippen LogP contribution is 2.40. The predicted octanol–water partition coefficient (Wildman–Crippen LogP) is 4.14. The molecule has 0 bridgehead atoms. The third-order valence-electron chi connectivity index (χ3n) is 5.40. The van der Waals surface area contributed by atoms with Crippen molar-refractivity contribution in [3.8, 4) is 11.5 Å². The molecule has 0 radical (unpaired) electrons. The predicted molar refractivity (Wildman–Crippen MR) is 120 cm³/mol. The van der Waals surface area contributed by atoms with Gasteiger partial charge in [-0.25, -0.2) is 17.2 Å². The maximum absolute atomic E-state index is 14.1. The molecule has 2 aliphatic heterocycles. The molecule has 1 atom stereocenters. The first kappa shape index (κ1) is 22.8. The number of rotatable bonds is 6. The zero-order chi connectivity index (χ0) is 23.8. The number of allylic oxidation sites excluding steroid dienone is 2. The monoisotopic (exact) mass is 475 g/mol. The molecule has 4 rings (SSSR count). The molecule has 1 saturated heterocycles. The Morgan fingerprint density at radius 2 is 1.94 bits per heavy atom. The number of amides is 1. The Labute approximate surface area is 191 Å². The molecule has 2 aromatic carbocycles. The van der Waals surface area contributed by atoms with Crippen LogP contribution in [0.4, 0.5) is 14.5 Å². The van der Waals surface area contributed by atoms with Crippen LogP contribution in [-0.2, 0) is 14.8 Å². The Morgan fingerprint density at radius 1 is 1.15 bits per heavy atom. The zero-order valence-corrected chi connectivity index (χ0v) is 18.9. The molecule has 2 aliphatic rings. The SMILES string of the molecule is CN1C=CC=C(N2CCCC2=O)C1c1cc(Oc2ccc(F)cc2F)ccc1NS(C)(=O)=O. The van der Waals surface area contributed by atoms with Crippen molar-refractivity contribution in [2.75, 3.05) is 24.6 Å². The van der Waals surface area contributed by atoms with Gasteiger partial charge in [0.15, 0.2) is 11.6 Å². The Kier molecular flexibility index (Phi) is 6.11. The lowest BCUT2D eigenvalue weighted by atomic mass is 9.97. The summed E-state index contributed by atoms with van der Waals surface area (Å²) in [6.45, 7) is 0.564. The molecule has 2 heterocycles. The fourth-order valence-electron chi connectivity index (χ4n) is 4.01. The maximum atomic E-state index is 14.1. The molecular weight excluding hydrogens is 452 g/mol. The number of carbonyl (C=O) groups is 1. The first-order valence-corrected chi connectivity index (χ1v) is 12.2. The number of halogens is 2. The molecule has 2 aromatic rings. The summed E-state index contributed by atoms with van der Waals surface area (Å²) in [6, 6.07) is 7.06. The van der Waals surface area contributed by atoms with E-state index in [-0.39, 0.29) is 17.4 Å². The minimum absolute atomic E-state index is 0.00615. The number of hydrogen-bond donors (Lipinski definition) is 1. The van der Waals surface area contributed by atoms with Crippen LogP contribution >= 0.6 is 0 Å². The van der Waals surface area contributed by atoms with Gasteiger partial charge in [0.2, 0.25) is 15.9 Å². The number of benzene rings is 2. The lowest BCUT2D eigenvalue weighted by molar-refractivity contribution is -0.126. The van der Waals surface area contributed by atoms with Crippen LogP contribution < -0.4 is 9.46 Å². The van der Waals surface area contributed by atoms with Crippen molar-refractivity contribution in [3.05, 3.63) is 77.6 Å². The van der Waals surface area contributed by atoms with Gasteiger partial charge in [-0.2, -0.15) is 0 Å². The second-order valence-corrected chi connectivity index (χ2v) is 9.70. The van der Waals surface area contributed by atoms with E-state index in [0.717, 1.165) is 24.8 Å². The summed E-state index contributed by atoms with van der Waals surface area (Å²) in [5, 5.41) is 0. The van der Waals surface area contributed by atoms with Crippen LogP contribution in [0, 0.1) is 11.6 Å². The highest BCUT2D eigenvalue weighted by Gasteiger charge is 2.33. The van der Waals surface area contributed by atoms with Crippen molar-refractivity contribution in [2.24, 2.45) is 0 Å². The standard InChI is InChI=1S/C23H23F2N3O4S/c1-27-11-3-5-20(28-12-4-6-22(28)29)23(27)17-14-16(8-9-19(17)26-33(2,30)31)32-21-10-7-15(24)13-18(21)25/h3,5,7-11,13-14,23,26H,4,6,12H2,1-2H3. The average molecular weight is 476 g/mol. The summed E-state index contributed by atoms with van der Waals surface area (Å²) in [7, 11) is -1.80. The van der Waals surface area contributed by atoms with Gasteiger partial charge in [0, 0.05) is 37.3 Å². The van der Waals surface area contributed by atoms with Gasteiger partial charge in [0.25, 0.3) is 0 Å². The maximum Gasteiger partial charge on any atom is 0.229 e. The van der Waals surface area contributed by atoms with Crippen LogP contribution in [0.15, 0.2) is 60.4 Å². The van der Waals surface area contributed by atoms with E-state index >= 15 is 0 Å². The number of carbonyl (C=O) groups excluding carboxylic acids is 1. The number of ether oxygens (including phenoxy) is 1. The molecule has 0 saturated carbocycles. The number of likely N-dealkylation sites (tertiary alicyclic amines) is 1. The summed E-state index contributed by atoms with van der Waals surface area (Å²) in [4.78, 5) is 16.0. The van der Waals surface area contributed by atoms with E-state index in [1.807, 2.05) is 30.3 Å². The van der Waals surface area contributed by atoms with Crippen molar-refractivity contribution in [1.82, 2.24) is 9.80 Å². The van der Waals surface area contributed by atoms with Gasteiger partial charge in [-0.3, -0.25) is 9.52 Å². The number of anilines is 1. The molecular formula is C23H23F2N3O4S. The number of sulfonamides is 1. The summed E-state index contributed by atoms with van der Waals surface area (Å²) in [6.07, 6.45) is 7.67. The lowest BCUT2D eigenvalue weighted by Crippen LogP contribution is -2.35. The normalized spacial score (nSPS) is 18.5. The highest BCUT2D eigenvalue weighted by molar-refractivity contribution is 7.92. The lowest BCUT2D eigenvalue weighted by Gasteiger charge is -2.37. The molecule has 1 unspecified atom stereocenters. The van der Waals surface area contributed by atoms with E-state index in [4.69, 9.17) is 4.74 Å². The van der Waals surface area contributed by atoms with Crippen molar-refractivity contribution < 1.29 is 26.7 Å². The number of hydrogen-bond acceptors (Lipinski definition) is 5. The summed E-state index contributed by atoms with van der Waals surface area (Å²) >= 11 is 0. The first-order valence-electron chi connectivity index (χ1n) is 10.3. The molecule has 1 N–H and O–H groups in total. The van der Waals surface area contributed by atoms with Gasteiger partial charge in [-0.15, -0.1) is 0 Å². The van der Waals surface area contributed by atoms with E-state index in [0.29, 0.717) is 29.9 Å². The van der Waals surface area contributed by atoms with E-state index in [1.54, 1.807) is 11.0 Å². The molecule has 0 aromatic heterocycles. The van der Waals surface area contributed by atoms with Gasteiger partial charge in [0.1, 0.15) is 11.6 Å². The average Bonchev–Trinajstić information content (AvgIpc) is 3.16. The number of nitrogens with zero attached hydrogens (tertiary/aromatic N) is 2. The summed E-state index contributed by atoms with van der Waals surface area (Å²) in [5.74, 6) is -1.55. The molecule has 7 nitrogen and oxygen atoms in total. The molecule has 33 heavy (non-hydrogen) atoms. The van der Waals surface area contributed by atoms with E-state index in [9.17, 15) is 22.0 Å². The minimum atomic E-state index is -3.62. The Hall–Kier alpha value is -3.40. The molecule has 1 fully saturated rings. The first-order chi connectivity index (χ1) is 15.6. The van der Waals surface area contributed by atoms with Crippen LogP contribution in [0.25, 0.3) is 0 Å². The Balaban J connectivity index is 1.79. The fourth-order valence-corrected chi connectivity index (χ4v) is 4.59. The number of likely N-dealkylation sites (N-methyl/N-ethyl adjacent to an activating group) is 1. The topological polar surface area (TPSA) is 79.0 Å². The zero-order valence-electron chi connectivity index (χ0n) is 18.1. The highest BCUT2D eigenvalue weighted by atomic mass is 32.2. The van der Waals surface area contributed by atoms with Crippen LogP contribution in [-0.4, -0.2) is 44.0 Å².